The number of hydrogen-bond acceptors (Lipinski definition) is 1. The summed E-state index contributed by atoms with van der Waals surface area (Å²) < 4.78 is 0. The van der Waals surface area contributed by atoms with Crippen LogP contribution in [0.25, 0.3) is 0 Å². The molecule has 1 aliphatic rings. The summed E-state index contributed by atoms with van der Waals surface area (Å²) in [5.41, 5.74) is 0. The van der Waals surface area contributed by atoms with Crippen LogP contribution in [0.4, 0.5) is 0 Å². The van der Waals surface area contributed by atoms with Crippen molar-refractivity contribution in [1.82, 2.24) is 5.32 Å². The summed E-state index contributed by atoms with van der Waals surface area (Å²) in [6, 6.07) is 0.358. The quantitative estimate of drug-likeness (QED) is 0.539. The lowest BCUT2D eigenvalue weighted by molar-refractivity contribution is -0.125. The molecule has 2 heteroatoms. The van der Waals surface area contributed by atoms with Crippen LogP contribution in [-0.2, 0) is 4.79 Å². The summed E-state index contributed by atoms with van der Waals surface area (Å²) in [6.07, 6.45) is 0.700. The summed E-state index contributed by atoms with van der Waals surface area (Å²) in [5, 5.41) is 2.92. The summed E-state index contributed by atoms with van der Waals surface area (Å²) in [4.78, 5) is 10.9. The maximum atomic E-state index is 10.9. The van der Waals surface area contributed by atoms with Crippen molar-refractivity contribution in [3.8, 4) is 0 Å². The van der Waals surface area contributed by atoms with Gasteiger partial charge in [-0.1, -0.05) is 13.8 Å². The van der Waals surface area contributed by atoms with Crippen LogP contribution < -0.4 is 5.32 Å². The first kappa shape index (κ1) is 7.58. The Morgan fingerprint density at radius 1 is 1.40 bits per heavy atom. The average molecular weight is 141 g/mol. The minimum atomic E-state index is 0.207. The van der Waals surface area contributed by atoms with Gasteiger partial charge in [-0.3, -0.25) is 4.79 Å². The van der Waals surface area contributed by atoms with Gasteiger partial charge >= 0.3 is 0 Å². The van der Waals surface area contributed by atoms with Crippen molar-refractivity contribution in [2.75, 3.05) is 0 Å². The van der Waals surface area contributed by atoms with E-state index in [2.05, 4.69) is 26.1 Å². The largest absolute Gasteiger partial charge is 0.353 e. The molecule has 1 N–H and O–H groups in total. The SMILES string of the molecule is C[C@H]1[C@@H](C)CC(=O)N[C@@H]1C. The molecule has 0 radical (unpaired) electrons. The molecule has 1 saturated heterocycles. The summed E-state index contributed by atoms with van der Waals surface area (Å²) in [7, 11) is 0. The molecule has 0 bridgehead atoms. The van der Waals surface area contributed by atoms with E-state index < -0.39 is 0 Å². The fraction of sp³-hybridized carbons (Fsp3) is 0.875. The van der Waals surface area contributed by atoms with E-state index in [1.807, 2.05) is 0 Å². The topological polar surface area (TPSA) is 29.1 Å². The van der Waals surface area contributed by atoms with E-state index in [9.17, 15) is 4.79 Å². The summed E-state index contributed by atoms with van der Waals surface area (Å²) in [5.74, 6) is 1.37. The number of piperidine rings is 1. The summed E-state index contributed by atoms with van der Waals surface area (Å²) >= 11 is 0. The molecule has 0 saturated carbocycles. The van der Waals surface area contributed by atoms with E-state index in [-0.39, 0.29) is 5.91 Å². The molecule has 1 heterocycles. The van der Waals surface area contributed by atoms with Crippen LogP contribution in [0, 0.1) is 11.8 Å². The van der Waals surface area contributed by atoms with E-state index in [1.54, 1.807) is 0 Å². The third-order valence-corrected chi connectivity index (χ3v) is 2.58. The zero-order chi connectivity index (χ0) is 7.72. The molecule has 1 aliphatic heterocycles. The molecule has 1 rings (SSSR count). The Morgan fingerprint density at radius 2 is 2.00 bits per heavy atom. The van der Waals surface area contributed by atoms with Crippen molar-refractivity contribution < 1.29 is 4.79 Å². The Hall–Kier alpha value is -0.530. The molecule has 2 nitrogen and oxygen atoms in total. The highest BCUT2D eigenvalue weighted by Crippen LogP contribution is 2.22. The fourth-order valence-electron chi connectivity index (χ4n) is 1.42. The van der Waals surface area contributed by atoms with Crippen LogP contribution in [0.1, 0.15) is 27.2 Å². The number of carbonyl (C=O) groups is 1. The lowest BCUT2D eigenvalue weighted by atomic mass is 9.84. The second-order valence-corrected chi connectivity index (χ2v) is 3.40. The molecular formula is C8H15NO. The molecule has 0 unspecified atom stereocenters. The first-order valence-electron chi connectivity index (χ1n) is 3.90. The molecule has 0 aromatic carbocycles. The number of nitrogens with one attached hydrogen (secondary N) is 1. The van der Waals surface area contributed by atoms with Crippen molar-refractivity contribution in [3.63, 3.8) is 0 Å². The van der Waals surface area contributed by atoms with Gasteiger partial charge in [0.25, 0.3) is 0 Å². The van der Waals surface area contributed by atoms with E-state index in [1.165, 1.54) is 0 Å². The third-order valence-electron chi connectivity index (χ3n) is 2.58. The maximum absolute atomic E-state index is 10.9. The van der Waals surface area contributed by atoms with E-state index in [0.29, 0.717) is 24.3 Å². The number of carbonyl (C=O) groups excluding carboxylic acids is 1. The molecule has 58 valence electrons. The Labute approximate surface area is 62.0 Å². The Balaban J connectivity index is 2.57. The second-order valence-electron chi connectivity index (χ2n) is 3.40. The number of rotatable bonds is 0. The molecule has 0 aromatic heterocycles. The normalized spacial score (nSPS) is 41.1. The van der Waals surface area contributed by atoms with Gasteiger partial charge in [0.15, 0.2) is 0 Å². The van der Waals surface area contributed by atoms with Gasteiger partial charge in [-0.05, 0) is 18.8 Å². The molecular weight excluding hydrogens is 126 g/mol. The average Bonchev–Trinajstić information content (AvgIpc) is 1.82. The Bertz CT molecular complexity index is 130. The van der Waals surface area contributed by atoms with Crippen LogP contribution in [0.2, 0.25) is 0 Å². The van der Waals surface area contributed by atoms with Crippen molar-refractivity contribution >= 4 is 5.91 Å². The summed E-state index contributed by atoms with van der Waals surface area (Å²) in [6.45, 7) is 6.40. The van der Waals surface area contributed by atoms with Crippen molar-refractivity contribution in [2.24, 2.45) is 11.8 Å². The molecule has 1 amide bonds. The lowest BCUT2D eigenvalue weighted by Gasteiger charge is -2.31. The third kappa shape index (κ3) is 1.31. The van der Waals surface area contributed by atoms with Gasteiger partial charge < -0.3 is 5.32 Å². The highest BCUT2D eigenvalue weighted by atomic mass is 16.1. The first-order chi connectivity index (χ1) is 4.61. The van der Waals surface area contributed by atoms with Gasteiger partial charge in [-0.2, -0.15) is 0 Å². The zero-order valence-electron chi connectivity index (χ0n) is 6.85. The molecule has 3 atom stereocenters. The van der Waals surface area contributed by atoms with Crippen LogP contribution >= 0.6 is 0 Å². The van der Waals surface area contributed by atoms with Crippen molar-refractivity contribution in [2.45, 2.75) is 33.2 Å². The number of amides is 1. The minimum Gasteiger partial charge on any atom is -0.353 e. The smallest absolute Gasteiger partial charge is 0.220 e. The van der Waals surface area contributed by atoms with Crippen LogP contribution in [0.5, 0.6) is 0 Å². The highest BCUT2D eigenvalue weighted by molar-refractivity contribution is 5.77. The predicted octanol–water partition coefficient (Wildman–Crippen LogP) is 1.17. The van der Waals surface area contributed by atoms with Crippen molar-refractivity contribution in [1.29, 1.82) is 0 Å². The molecule has 10 heavy (non-hydrogen) atoms. The molecule has 0 aromatic rings. The van der Waals surface area contributed by atoms with Gasteiger partial charge in [-0.25, -0.2) is 0 Å². The van der Waals surface area contributed by atoms with Crippen LogP contribution in [0.15, 0.2) is 0 Å². The highest BCUT2D eigenvalue weighted by Gasteiger charge is 2.27. The van der Waals surface area contributed by atoms with E-state index in [0.717, 1.165) is 0 Å². The van der Waals surface area contributed by atoms with Gasteiger partial charge in [0.1, 0.15) is 0 Å². The van der Waals surface area contributed by atoms with Gasteiger partial charge in [0, 0.05) is 12.5 Å². The Morgan fingerprint density at radius 3 is 2.50 bits per heavy atom. The van der Waals surface area contributed by atoms with Crippen LogP contribution in [0.3, 0.4) is 0 Å². The van der Waals surface area contributed by atoms with Crippen LogP contribution in [-0.4, -0.2) is 11.9 Å². The van der Waals surface area contributed by atoms with E-state index in [4.69, 9.17) is 0 Å². The molecule has 1 fully saturated rings. The zero-order valence-corrected chi connectivity index (χ0v) is 6.85. The maximum Gasteiger partial charge on any atom is 0.220 e. The second kappa shape index (κ2) is 2.60. The van der Waals surface area contributed by atoms with Crippen molar-refractivity contribution in [3.05, 3.63) is 0 Å². The first-order valence-corrected chi connectivity index (χ1v) is 3.90. The monoisotopic (exact) mass is 141 g/mol. The predicted molar refractivity (Wildman–Crippen MR) is 40.5 cm³/mol. The minimum absolute atomic E-state index is 0.207. The molecule has 0 spiro atoms. The number of hydrogen-bond donors (Lipinski definition) is 1. The van der Waals surface area contributed by atoms with E-state index >= 15 is 0 Å². The van der Waals surface area contributed by atoms with Gasteiger partial charge in [0.2, 0.25) is 5.91 Å². The lowest BCUT2D eigenvalue weighted by Crippen LogP contribution is -2.45. The van der Waals surface area contributed by atoms with Gasteiger partial charge in [0.05, 0.1) is 0 Å². The Kier molecular flexibility index (Phi) is 1.97. The standard InChI is InChI=1S/C8H15NO/c1-5-4-8(10)9-7(3)6(5)2/h5-7H,4H2,1-3H3,(H,9,10)/t5-,6-,7+/m0/s1. The fourth-order valence-corrected chi connectivity index (χ4v) is 1.42. The molecule has 0 aliphatic carbocycles. The van der Waals surface area contributed by atoms with Gasteiger partial charge in [-0.15, -0.1) is 0 Å².